The van der Waals surface area contributed by atoms with Gasteiger partial charge in [0.05, 0.1) is 6.21 Å². The van der Waals surface area contributed by atoms with Crippen molar-refractivity contribution in [1.82, 2.24) is 15.6 Å². The van der Waals surface area contributed by atoms with Crippen LogP contribution in [0.5, 0.6) is 0 Å². The third kappa shape index (κ3) is 3.16. The summed E-state index contributed by atoms with van der Waals surface area (Å²) >= 11 is 0. The molecule has 4 aromatic rings. The van der Waals surface area contributed by atoms with E-state index in [-0.39, 0.29) is 5.89 Å². The second-order valence-electron chi connectivity index (χ2n) is 5.17. The molecule has 0 aliphatic rings. The van der Waals surface area contributed by atoms with E-state index >= 15 is 0 Å². The third-order valence-corrected chi connectivity index (χ3v) is 3.45. The van der Waals surface area contributed by atoms with Crippen molar-refractivity contribution < 1.29 is 13.7 Å². The van der Waals surface area contributed by atoms with Crippen LogP contribution in [0.2, 0.25) is 0 Å². The molecule has 1 N–H and O–H groups in total. The number of aromatic nitrogens is 2. The molecule has 25 heavy (non-hydrogen) atoms. The average Bonchev–Trinajstić information content (AvgIpc) is 3.29. The maximum atomic E-state index is 12.0. The standard InChI is InChI=1S/C18H12N4O3/c23-17(18-20-16(22-25-18)12-6-2-1-3-7-12)21-19-11-14-10-13-8-4-5-9-15(13)24-14/h1-11H,(H,21,23). The Bertz CT molecular complexity index is 1020. The summed E-state index contributed by atoms with van der Waals surface area (Å²) in [7, 11) is 0. The van der Waals surface area contributed by atoms with Crippen LogP contribution in [0.15, 0.2) is 74.7 Å². The fourth-order valence-electron chi connectivity index (χ4n) is 2.29. The Labute approximate surface area is 142 Å². The van der Waals surface area contributed by atoms with Gasteiger partial charge in [-0.15, -0.1) is 0 Å². The number of hydrogen-bond donors (Lipinski definition) is 1. The molecule has 122 valence electrons. The van der Waals surface area contributed by atoms with Gasteiger partial charge in [0.25, 0.3) is 0 Å². The molecule has 0 saturated carbocycles. The Morgan fingerprint density at radius 2 is 1.88 bits per heavy atom. The number of amides is 1. The first-order valence-electron chi connectivity index (χ1n) is 7.51. The maximum Gasteiger partial charge on any atom is 0.329 e. The van der Waals surface area contributed by atoms with Gasteiger partial charge in [-0.2, -0.15) is 10.1 Å². The van der Waals surface area contributed by atoms with Crippen LogP contribution in [0.3, 0.4) is 0 Å². The van der Waals surface area contributed by atoms with E-state index < -0.39 is 5.91 Å². The lowest BCUT2D eigenvalue weighted by molar-refractivity contribution is 0.0911. The molecule has 2 heterocycles. The van der Waals surface area contributed by atoms with Crippen LogP contribution in [0.25, 0.3) is 22.4 Å². The molecule has 0 atom stereocenters. The first kappa shape index (κ1) is 14.8. The number of benzene rings is 2. The van der Waals surface area contributed by atoms with Gasteiger partial charge in [0.2, 0.25) is 5.82 Å². The van der Waals surface area contributed by atoms with Gasteiger partial charge < -0.3 is 8.94 Å². The molecule has 0 radical (unpaired) electrons. The number of para-hydroxylation sites is 1. The summed E-state index contributed by atoms with van der Waals surface area (Å²) in [5.41, 5.74) is 3.84. The topological polar surface area (TPSA) is 93.5 Å². The summed E-state index contributed by atoms with van der Waals surface area (Å²) in [6.45, 7) is 0. The zero-order chi connectivity index (χ0) is 17.1. The van der Waals surface area contributed by atoms with Crippen LogP contribution < -0.4 is 5.43 Å². The van der Waals surface area contributed by atoms with Crippen molar-refractivity contribution in [3.8, 4) is 11.4 Å². The Kier molecular flexibility index (Phi) is 3.80. The number of carbonyl (C=O) groups excluding carboxylic acids is 1. The molecule has 0 spiro atoms. The highest BCUT2D eigenvalue weighted by molar-refractivity contribution is 5.91. The van der Waals surface area contributed by atoms with Gasteiger partial charge in [-0.05, 0) is 12.1 Å². The minimum absolute atomic E-state index is 0.166. The van der Waals surface area contributed by atoms with Gasteiger partial charge in [-0.1, -0.05) is 53.7 Å². The van der Waals surface area contributed by atoms with E-state index in [9.17, 15) is 4.79 Å². The van der Waals surface area contributed by atoms with E-state index in [1.54, 1.807) is 0 Å². The highest BCUT2D eigenvalue weighted by Gasteiger charge is 2.15. The third-order valence-electron chi connectivity index (χ3n) is 3.45. The minimum atomic E-state index is -0.595. The Balaban J connectivity index is 1.44. The van der Waals surface area contributed by atoms with Crippen molar-refractivity contribution in [2.45, 2.75) is 0 Å². The van der Waals surface area contributed by atoms with Crippen LogP contribution in [0.4, 0.5) is 0 Å². The van der Waals surface area contributed by atoms with Gasteiger partial charge in [-0.25, -0.2) is 5.43 Å². The summed E-state index contributed by atoms with van der Waals surface area (Å²) in [5, 5.41) is 8.59. The summed E-state index contributed by atoms with van der Waals surface area (Å²) < 4.78 is 10.5. The average molecular weight is 332 g/mol. The Morgan fingerprint density at radius 1 is 1.08 bits per heavy atom. The molecule has 0 saturated heterocycles. The van der Waals surface area contributed by atoms with Gasteiger partial charge in [0.15, 0.2) is 0 Å². The van der Waals surface area contributed by atoms with E-state index in [4.69, 9.17) is 8.94 Å². The molecular formula is C18H12N4O3. The fraction of sp³-hybridized carbons (Fsp3) is 0. The lowest BCUT2D eigenvalue weighted by Crippen LogP contribution is -2.17. The van der Waals surface area contributed by atoms with Crippen LogP contribution in [-0.4, -0.2) is 22.3 Å². The lowest BCUT2D eigenvalue weighted by atomic mass is 10.2. The Morgan fingerprint density at radius 3 is 2.72 bits per heavy atom. The van der Waals surface area contributed by atoms with Crippen LogP contribution >= 0.6 is 0 Å². The quantitative estimate of drug-likeness (QED) is 0.457. The van der Waals surface area contributed by atoms with Crippen molar-refractivity contribution in [3.05, 3.63) is 72.3 Å². The van der Waals surface area contributed by atoms with Crippen molar-refractivity contribution in [3.63, 3.8) is 0 Å². The highest BCUT2D eigenvalue weighted by Crippen LogP contribution is 2.17. The number of nitrogens with zero attached hydrogens (tertiary/aromatic N) is 3. The number of fused-ring (bicyclic) bond motifs is 1. The lowest BCUT2D eigenvalue weighted by Gasteiger charge is -1.92. The fourth-order valence-corrected chi connectivity index (χ4v) is 2.29. The number of hydrogen-bond acceptors (Lipinski definition) is 6. The molecule has 2 aromatic carbocycles. The normalized spacial score (nSPS) is 11.2. The number of furan rings is 1. The second-order valence-corrected chi connectivity index (χ2v) is 5.17. The SMILES string of the molecule is O=C(NN=Cc1cc2ccccc2o1)c1nc(-c2ccccc2)no1. The zero-order valence-corrected chi connectivity index (χ0v) is 12.9. The monoisotopic (exact) mass is 332 g/mol. The van der Waals surface area contributed by atoms with E-state index in [1.165, 1.54) is 6.21 Å². The number of carbonyl (C=O) groups is 1. The van der Waals surface area contributed by atoms with E-state index in [1.807, 2.05) is 60.7 Å². The maximum absolute atomic E-state index is 12.0. The predicted molar refractivity (Wildman–Crippen MR) is 91.0 cm³/mol. The van der Waals surface area contributed by atoms with E-state index in [0.717, 1.165) is 16.5 Å². The van der Waals surface area contributed by atoms with Gasteiger partial charge in [0, 0.05) is 10.9 Å². The number of nitrogens with one attached hydrogen (secondary N) is 1. The molecule has 7 nitrogen and oxygen atoms in total. The van der Waals surface area contributed by atoms with Gasteiger partial charge in [0.1, 0.15) is 11.3 Å². The van der Waals surface area contributed by atoms with Crippen molar-refractivity contribution >= 4 is 23.1 Å². The summed E-state index contributed by atoms with van der Waals surface area (Å²) in [5.74, 6) is 0.103. The smallest absolute Gasteiger partial charge is 0.329 e. The minimum Gasteiger partial charge on any atom is -0.455 e. The summed E-state index contributed by atoms with van der Waals surface area (Å²) in [6.07, 6.45) is 1.41. The molecule has 0 aliphatic carbocycles. The van der Waals surface area contributed by atoms with Crippen LogP contribution in [-0.2, 0) is 0 Å². The van der Waals surface area contributed by atoms with Gasteiger partial charge >= 0.3 is 11.8 Å². The van der Waals surface area contributed by atoms with Crippen LogP contribution in [0.1, 0.15) is 16.4 Å². The molecule has 1 amide bonds. The predicted octanol–water partition coefficient (Wildman–Crippen LogP) is 3.25. The first-order valence-corrected chi connectivity index (χ1v) is 7.51. The number of rotatable bonds is 4. The molecular weight excluding hydrogens is 320 g/mol. The largest absolute Gasteiger partial charge is 0.455 e. The highest BCUT2D eigenvalue weighted by atomic mass is 16.5. The van der Waals surface area contributed by atoms with E-state index in [0.29, 0.717) is 11.6 Å². The number of hydrazone groups is 1. The summed E-state index contributed by atoms with van der Waals surface area (Å²) in [4.78, 5) is 16.1. The van der Waals surface area contributed by atoms with Crippen molar-refractivity contribution in [2.75, 3.05) is 0 Å². The van der Waals surface area contributed by atoms with Crippen LogP contribution in [0, 0.1) is 0 Å². The van der Waals surface area contributed by atoms with E-state index in [2.05, 4.69) is 20.7 Å². The van der Waals surface area contributed by atoms with Crippen molar-refractivity contribution in [1.29, 1.82) is 0 Å². The molecule has 4 rings (SSSR count). The van der Waals surface area contributed by atoms with Crippen molar-refractivity contribution in [2.24, 2.45) is 5.10 Å². The first-order chi connectivity index (χ1) is 12.3. The molecule has 7 heteroatoms. The summed E-state index contributed by atoms with van der Waals surface area (Å²) in [6, 6.07) is 18.6. The molecule has 2 aromatic heterocycles. The molecule has 0 unspecified atom stereocenters. The zero-order valence-electron chi connectivity index (χ0n) is 12.9. The molecule has 0 bridgehead atoms. The molecule has 0 fully saturated rings. The second kappa shape index (κ2) is 6.40. The van der Waals surface area contributed by atoms with Gasteiger partial charge in [-0.3, -0.25) is 4.79 Å². The Hall–Kier alpha value is -3.74. The molecule has 0 aliphatic heterocycles.